The molecule has 5 rings (SSSR count). The Labute approximate surface area is 184 Å². The standard InChI is InChI=1S/C23H25FN6S/c1-14-18(15(2)28-27-14)10-11-21-26-22-19-8-3-4-9-20(19)25-23(30(22)29-21)31-13-16-6-5-7-17(24)12-16/h3-9,12,14-15,18,27-28H,10-11,13H2,1-2H3. The molecule has 0 aliphatic carbocycles. The highest BCUT2D eigenvalue weighted by Gasteiger charge is 2.29. The van der Waals surface area contributed by atoms with Crippen molar-refractivity contribution in [1.82, 2.24) is 30.4 Å². The van der Waals surface area contributed by atoms with Gasteiger partial charge in [-0.15, -0.1) is 5.10 Å². The summed E-state index contributed by atoms with van der Waals surface area (Å²) in [4.78, 5) is 9.70. The molecule has 2 aromatic heterocycles. The van der Waals surface area contributed by atoms with E-state index in [9.17, 15) is 4.39 Å². The lowest BCUT2D eigenvalue weighted by Gasteiger charge is -2.16. The third-order valence-electron chi connectivity index (χ3n) is 5.97. The first kappa shape index (κ1) is 20.4. The third-order valence-corrected chi connectivity index (χ3v) is 6.97. The number of hydrogen-bond donors (Lipinski definition) is 2. The van der Waals surface area contributed by atoms with Gasteiger partial charge < -0.3 is 0 Å². The molecule has 1 aliphatic heterocycles. The van der Waals surface area contributed by atoms with E-state index in [4.69, 9.17) is 15.1 Å². The molecule has 0 saturated carbocycles. The zero-order valence-electron chi connectivity index (χ0n) is 17.5. The fourth-order valence-electron chi connectivity index (χ4n) is 4.25. The number of halogens is 1. The van der Waals surface area contributed by atoms with Gasteiger partial charge in [0.15, 0.2) is 16.6 Å². The first-order valence-corrected chi connectivity index (χ1v) is 11.6. The Morgan fingerprint density at radius 2 is 1.84 bits per heavy atom. The molecule has 0 amide bonds. The van der Waals surface area contributed by atoms with E-state index in [2.05, 4.69) is 24.7 Å². The Hall–Kier alpha value is -2.55. The highest BCUT2D eigenvalue weighted by atomic mass is 32.2. The largest absolute Gasteiger partial charge is 0.254 e. The normalized spacial score (nSPS) is 21.3. The summed E-state index contributed by atoms with van der Waals surface area (Å²) in [6, 6.07) is 15.5. The molecular weight excluding hydrogens is 411 g/mol. The van der Waals surface area contributed by atoms with Crippen LogP contribution >= 0.6 is 11.8 Å². The van der Waals surface area contributed by atoms with Gasteiger partial charge in [0.1, 0.15) is 5.82 Å². The molecule has 0 spiro atoms. The molecule has 2 unspecified atom stereocenters. The van der Waals surface area contributed by atoms with Crippen LogP contribution in [0.5, 0.6) is 0 Å². The topological polar surface area (TPSA) is 67.1 Å². The van der Waals surface area contributed by atoms with Gasteiger partial charge in [0.05, 0.1) is 5.52 Å². The first-order valence-electron chi connectivity index (χ1n) is 10.6. The van der Waals surface area contributed by atoms with Crippen molar-refractivity contribution < 1.29 is 4.39 Å². The second kappa shape index (κ2) is 8.53. The van der Waals surface area contributed by atoms with Crippen LogP contribution in [0.4, 0.5) is 4.39 Å². The summed E-state index contributed by atoms with van der Waals surface area (Å²) < 4.78 is 15.4. The van der Waals surface area contributed by atoms with Gasteiger partial charge in [0.2, 0.25) is 0 Å². The van der Waals surface area contributed by atoms with Crippen molar-refractivity contribution in [1.29, 1.82) is 0 Å². The molecule has 1 saturated heterocycles. The number of fused-ring (bicyclic) bond motifs is 3. The molecule has 8 heteroatoms. The lowest BCUT2D eigenvalue weighted by molar-refractivity contribution is 0.410. The minimum Gasteiger partial charge on any atom is -0.254 e. The van der Waals surface area contributed by atoms with Gasteiger partial charge in [0.25, 0.3) is 0 Å². The summed E-state index contributed by atoms with van der Waals surface area (Å²) in [7, 11) is 0. The zero-order valence-corrected chi connectivity index (χ0v) is 18.4. The van der Waals surface area contributed by atoms with Crippen molar-refractivity contribution in [3.8, 4) is 0 Å². The summed E-state index contributed by atoms with van der Waals surface area (Å²) >= 11 is 1.55. The van der Waals surface area contributed by atoms with E-state index in [-0.39, 0.29) is 5.82 Å². The Balaban J connectivity index is 1.46. The Bertz CT molecular complexity index is 1220. The maximum Gasteiger partial charge on any atom is 0.191 e. The smallest absolute Gasteiger partial charge is 0.191 e. The summed E-state index contributed by atoms with van der Waals surface area (Å²) in [5.41, 5.74) is 9.26. The predicted octanol–water partition coefficient (Wildman–Crippen LogP) is 4.14. The van der Waals surface area contributed by atoms with E-state index in [1.54, 1.807) is 23.9 Å². The van der Waals surface area contributed by atoms with Gasteiger partial charge in [0, 0.05) is 29.6 Å². The molecule has 6 nitrogen and oxygen atoms in total. The summed E-state index contributed by atoms with van der Waals surface area (Å²) in [6.45, 7) is 4.41. The lowest BCUT2D eigenvalue weighted by Crippen LogP contribution is -2.30. The number of para-hydroxylation sites is 1. The van der Waals surface area contributed by atoms with Crippen molar-refractivity contribution in [2.24, 2.45) is 5.92 Å². The number of hydrogen-bond acceptors (Lipinski definition) is 6. The molecule has 1 fully saturated rings. The quantitative estimate of drug-likeness (QED) is 0.350. The van der Waals surface area contributed by atoms with Crippen molar-refractivity contribution >= 4 is 28.3 Å². The molecule has 160 valence electrons. The van der Waals surface area contributed by atoms with Crippen LogP contribution in [0.2, 0.25) is 0 Å². The SMILES string of the molecule is CC1NNC(C)C1CCc1nc2c3ccccc3nc(SCc3cccc(F)c3)n2n1. The van der Waals surface area contributed by atoms with Gasteiger partial charge in [-0.2, -0.15) is 4.52 Å². The monoisotopic (exact) mass is 436 g/mol. The van der Waals surface area contributed by atoms with Crippen molar-refractivity contribution in [2.75, 3.05) is 0 Å². The van der Waals surface area contributed by atoms with Crippen molar-refractivity contribution in [3.63, 3.8) is 0 Å². The van der Waals surface area contributed by atoms with Crippen LogP contribution in [0.3, 0.4) is 0 Å². The Kier molecular flexibility index (Phi) is 5.60. The number of rotatable bonds is 6. The molecule has 0 bridgehead atoms. The number of benzene rings is 2. The summed E-state index contributed by atoms with van der Waals surface area (Å²) in [5.74, 6) is 1.75. The van der Waals surface area contributed by atoms with Crippen LogP contribution in [0, 0.1) is 11.7 Å². The Morgan fingerprint density at radius 3 is 2.65 bits per heavy atom. The molecule has 1 aliphatic rings. The number of hydrazine groups is 1. The van der Waals surface area contributed by atoms with Gasteiger partial charge in [-0.25, -0.2) is 14.4 Å². The van der Waals surface area contributed by atoms with E-state index in [0.717, 1.165) is 45.9 Å². The molecule has 2 aromatic carbocycles. The first-order chi connectivity index (χ1) is 15.1. The number of aryl methyl sites for hydroxylation is 1. The fourth-order valence-corrected chi connectivity index (χ4v) is 5.14. The van der Waals surface area contributed by atoms with Gasteiger partial charge in [-0.05, 0) is 56.0 Å². The second-order valence-corrected chi connectivity index (χ2v) is 9.10. The fraction of sp³-hybridized carbons (Fsp3) is 0.348. The molecule has 4 aromatic rings. The van der Waals surface area contributed by atoms with Gasteiger partial charge >= 0.3 is 0 Å². The summed E-state index contributed by atoms with van der Waals surface area (Å²) in [5, 5.41) is 6.57. The van der Waals surface area contributed by atoms with Gasteiger partial charge in [-0.1, -0.05) is 36.0 Å². The molecule has 31 heavy (non-hydrogen) atoms. The lowest BCUT2D eigenvalue weighted by atomic mass is 9.91. The number of nitrogens with one attached hydrogen (secondary N) is 2. The average Bonchev–Trinajstić information content (AvgIpc) is 3.34. The number of nitrogens with zero attached hydrogens (tertiary/aromatic N) is 4. The predicted molar refractivity (Wildman–Crippen MR) is 121 cm³/mol. The minimum absolute atomic E-state index is 0.225. The van der Waals surface area contributed by atoms with Crippen molar-refractivity contribution in [2.45, 2.75) is 49.7 Å². The van der Waals surface area contributed by atoms with Crippen LogP contribution in [0.25, 0.3) is 16.6 Å². The second-order valence-electron chi connectivity index (χ2n) is 8.16. The summed E-state index contributed by atoms with van der Waals surface area (Å²) in [6.07, 6.45) is 1.82. The highest BCUT2D eigenvalue weighted by Crippen LogP contribution is 2.27. The third kappa shape index (κ3) is 4.15. The molecule has 3 heterocycles. The number of thioether (sulfide) groups is 1. The number of aromatic nitrogens is 4. The van der Waals surface area contributed by atoms with Crippen LogP contribution < -0.4 is 10.9 Å². The Morgan fingerprint density at radius 1 is 1.03 bits per heavy atom. The van der Waals surface area contributed by atoms with E-state index in [1.807, 2.05) is 34.8 Å². The van der Waals surface area contributed by atoms with Crippen LogP contribution in [0.15, 0.2) is 53.7 Å². The average molecular weight is 437 g/mol. The highest BCUT2D eigenvalue weighted by molar-refractivity contribution is 7.98. The van der Waals surface area contributed by atoms with E-state index in [0.29, 0.717) is 23.8 Å². The van der Waals surface area contributed by atoms with Crippen molar-refractivity contribution in [3.05, 3.63) is 65.7 Å². The van der Waals surface area contributed by atoms with E-state index in [1.165, 1.54) is 6.07 Å². The van der Waals surface area contributed by atoms with Crippen LogP contribution in [0.1, 0.15) is 31.7 Å². The molecule has 0 radical (unpaired) electrons. The molecular formula is C23H25FN6S. The minimum atomic E-state index is -0.225. The molecule has 2 N–H and O–H groups in total. The van der Waals surface area contributed by atoms with E-state index < -0.39 is 0 Å². The molecule has 2 atom stereocenters. The van der Waals surface area contributed by atoms with Gasteiger partial charge in [-0.3, -0.25) is 10.9 Å². The maximum absolute atomic E-state index is 13.6. The van der Waals surface area contributed by atoms with Crippen LogP contribution in [-0.2, 0) is 12.2 Å². The van der Waals surface area contributed by atoms with E-state index >= 15 is 0 Å². The maximum atomic E-state index is 13.6. The zero-order chi connectivity index (χ0) is 21.4. The van der Waals surface area contributed by atoms with Crippen LogP contribution in [-0.4, -0.2) is 31.7 Å².